The van der Waals surface area contributed by atoms with Gasteiger partial charge >= 0.3 is 0 Å². The van der Waals surface area contributed by atoms with E-state index < -0.39 is 0 Å². The summed E-state index contributed by atoms with van der Waals surface area (Å²) in [5.74, 6) is 0.783. The summed E-state index contributed by atoms with van der Waals surface area (Å²) in [6, 6.07) is 3.78. The Labute approximate surface area is 102 Å². The van der Waals surface area contributed by atoms with Crippen LogP contribution < -0.4 is 10.6 Å². The lowest BCUT2D eigenvalue weighted by Gasteiger charge is -2.26. The van der Waals surface area contributed by atoms with Crippen molar-refractivity contribution in [3.05, 3.63) is 17.8 Å². The minimum Gasteiger partial charge on any atom is -0.395 e. The van der Waals surface area contributed by atoms with E-state index in [9.17, 15) is 0 Å². The zero-order chi connectivity index (χ0) is 12.1. The number of nitrogen functional groups attached to an aromatic ring is 1. The highest BCUT2D eigenvalue weighted by Crippen LogP contribution is 2.25. The highest BCUT2D eigenvalue weighted by Gasteiger charge is 2.14. The van der Waals surface area contributed by atoms with E-state index in [4.69, 9.17) is 11.0 Å². The van der Waals surface area contributed by atoms with Gasteiger partial charge in [-0.1, -0.05) is 19.3 Å². The first-order valence-electron chi connectivity index (χ1n) is 6.22. The van der Waals surface area contributed by atoms with E-state index in [-0.39, 0.29) is 0 Å². The van der Waals surface area contributed by atoms with Gasteiger partial charge in [0.15, 0.2) is 5.82 Å². The third-order valence-electron chi connectivity index (χ3n) is 3.25. The van der Waals surface area contributed by atoms with Gasteiger partial charge in [-0.05, 0) is 18.9 Å². The molecule has 0 aliphatic carbocycles. The van der Waals surface area contributed by atoms with Crippen LogP contribution in [0.25, 0.3) is 0 Å². The van der Waals surface area contributed by atoms with Crippen LogP contribution in [0, 0.1) is 11.3 Å². The zero-order valence-corrected chi connectivity index (χ0v) is 10.0. The monoisotopic (exact) mass is 230 g/mol. The topological polar surface area (TPSA) is 65.9 Å². The Morgan fingerprint density at radius 3 is 2.47 bits per heavy atom. The molecule has 4 heteroatoms. The Hall–Kier alpha value is -1.76. The van der Waals surface area contributed by atoms with Gasteiger partial charge in [0, 0.05) is 19.3 Å². The number of nitriles is 1. The molecule has 0 spiro atoms. The van der Waals surface area contributed by atoms with Crippen LogP contribution in [0.2, 0.25) is 0 Å². The molecule has 0 radical (unpaired) electrons. The van der Waals surface area contributed by atoms with E-state index in [0.717, 1.165) is 18.9 Å². The van der Waals surface area contributed by atoms with Crippen LogP contribution in [-0.4, -0.2) is 18.1 Å². The van der Waals surface area contributed by atoms with Crippen molar-refractivity contribution in [2.75, 3.05) is 23.7 Å². The molecule has 2 heterocycles. The third-order valence-corrected chi connectivity index (χ3v) is 3.25. The first-order valence-corrected chi connectivity index (χ1v) is 6.22. The number of pyridine rings is 1. The molecular weight excluding hydrogens is 212 g/mol. The summed E-state index contributed by atoms with van der Waals surface area (Å²) >= 11 is 0. The molecule has 90 valence electrons. The smallest absolute Gasteiger partial charge is 0.153 e. The summed E-state index contributed by atoms with van der Waals surface area (Å²) in [6.07, 6.45) is 7.90. The van der Waals surface area contributed by atoms with E-state index in [1.54, 1.807) is 12.3 Å². The molecule has 1 aliphatic heterocycles. The van der Waals surface area contributed by atoms with Gasteiger partial charge in [0.2, 0.25) is 0 Å². The molecule has 0 unspecified atom stereocenters. The van der Waals surface area contributed by atoms with Crippen LogP contribution in [0.15, 0.2) is 12.3 Å². The van der Waals surface area contributed by atoms with Crippen LogP contribution in [0.3, 0.4) is 0 Å². The van der Waals surface area contributed by atoms with Crippen LogP contribution in [0.1, 0.15) is 37.7 Å². The number of nitrogens with two attached hydrogens (primary N) is 1. The predicted octanol–water partition coefficient (Wildman–Crippen LogP) is 2.31. The minimum atomic E-state index is 0.524. The average Bonchev–Trinajstić information content (AvgIpc) is 2.30. The molecule has 1 fully saturated rings. The standard InChI is InChI=1S/C13H18N4/c14-10-11-6-7-16-13(12(11)15)17-8-4-2-1-3-5-9-17/h6-7H,1-5,8-9,15H2. The highest BCUT2D eigenvalue weighted by molar-refractivity contribution is 5.69. The maximum Gasteiger partial charge on any atom is 0.153 e. The second-order valence-corrected chi connectivity index (χ2v) is 4.46. The van der Waals surface area contributed by atoms with Crippen LogP contribution in [0.5, 0.6) is 0 Å². The SMILES string of the molecule is N#Cc1ccnc(N2CCCCCCC2)c1N. The van der Waals surface area contributed by atoms with Gasteiger partial charge in [-0.15, -0.1) is 0 Å². The van der Waals surface area contributed by atoms with Gasteiger partial charge in [-0.3, -0.25) is 0 Å². The summed E-state index contributed by atoms with van der Waals surface area (Å²) in [6.45, 7) is 1.98. The molecule has 1 aromatic heterocycles. The molecule has 0 atom stereocenters. The molecule has 0 saturated carbocycles. The van der Waals surface area contributed by atoms with Crippen molar-refractivity contribution in [1.82, 2.24) is 4.98 Å². The summed E-state index contributed by atoms with van der Waals surface area (Å²) in [5, 5.41) is 8.97. The van der Waals surface area contributed by atoms with Crippen LogP contribution in [0.4, 0.5) is 11.5 Å². The van der Waals surface area contributed by atoms with Gasteiger partial charge in [0.25, 0.3) is 0 Å². The first-order chi connectivity index (χ1) is 8.33. The lowest BCUT2D eigenvalue weighted by Crippen LogP contribution is -2.28. The fourth-order valence-electron chi connectivity index (χ4n) is 2.27. The summed E-state index contributed by atoms with van der Waals surface area (Å²) < 4.78 is 0. The number of aromatic nitrogens is 1. The van der Waals surface area contributed by atoms with Gasteiger partial charge in [-0.2, -0.15) is 5.26 Å². The molecular formula is C13H18N4. The molecule has 1 saturated heterocycles. The predicted molar refractivity (Wildman–Crippen MR) is 68.7 cm³/mol. The Balaban J connectivity index is 2.22. The fourth-order valence-corrected chi connectivity index (χ4v) is 2.27. The van der Waals surface area contributed by atoms with Gasteiger partial charge in [0.1, 0.15) is 6.07 Å². The fraction of sp³-hybridized carbons (Fsp3) is 0.538. The summed E-state index contributed by atoms with van der Waals surface area (Å²) in [4.78, 5) is 6.55. The van der Waals surface area contributed by atoms with Crippen molar-refractivity contribution < 1.29 is 0 Å². The van der Waals surface area contributed by atoms with Crippen LogP contribution >= 0.6 is 0 Å². The molecule has 2 rings (SSSR count). The molecule has 4 nitrogen and oxygen atoms in total. The van der Waals surface area contributed by atoms with Gasteiger partial charge < -0.3 is 10.6 Å². The third kappa shape index (κ3) is 2.68. The van der Waals surface area contributed by atoms with Crippen molar-refractivity contribution in [3.8, 4) is 6.07 Å². The lowest BCUT2D eigenvalue weighted by molar-refractivity contribution is 0.554. The average molecular weight is 230 g/mol. The largest absolute Gasteiger partial charge is 0.395 e. The minimum absolute atomic E-state index is 0.524. The maximum atomic E-state index is 8.97. The van der Waals surface area contributed by atoms with Crippen LogP contribution in [-0.2, 0) is 0 Å². The van der Waals surface area contributed by atoms with Crippen molar-refractivity contribution in [2.24, 2.45) is 0 Å². The second kappa shape index (κ2) is 5.53. The van der Waals surface area contributed by atoms with Crippen molar-refractivity contribution in [2.45, 2.75) is 32.1 Å². The molecule has 1 aliphatic rings. The van der Waals surface area contributed by atoms with Gasteiger partial charge in [0.05, 0.1) is 11.3 Å². The number of hydrogen-bond donors (Lipinski definition) is 1. The second-order valence-electron chi connectivity index (χ2n) is 4.46. The summed E-state index contributed by atoms with van der Waals surface area (Å²) in [5.41, 5.74) is 7.04. The zero-order valence-electron chi connectivity index (χ0n) is 10.0. The molecule has 17 heavy (non-hydrogen) atoms. The van der Waals surface area contributed by atoms with E-state index in [1.807, 2.05) is 0 Å². The molecule has 2 N–H and O–H groups in total. The molecule has 0 aromatic carbocycles. The van der Waals surface area contributed by atoms with E-state index in [0.29, 0.717) is 11.3 Å². The number of nitrogens with zero attached hydrogens (tertiary/aromatic N) is 3. The normalized spacial score (nSPS) is 17.0. The Morgan fingerprint density at radius 2 is 1.82 bits per heavy atom. The van der Waals surface area contributed by atoms with E-state index >= 15 is 0 Å². The molecule has 0 bridgehead atoms. The molecule has 0 amide bonds. The van der Waals surface area contributed by atoms with E-state index in [1.165, 1.54) is 32.1 Å². The lowest BCUT2D eigenvalue weighted by atomic mass is 10.1. The quantitative estimate of drug-likeness (QED) is 0.804. The molecule has 1 aromatic rings. The number of rotatable bonds is 1. The Morgan fingerprint density at radius 1 is 1.18 bits per heavy atom. The summed E-state index contributed by atoms with van der Waals surface area (Å²) in [7, 11) is 0. The van der Waals surface area contributed by atoms with Crippen molar-refractivity contribution in [3.63, 3.8) is 0 Å². The van der Waals surface area contributed by atoms with Gasteiger partial charge in [-0.25, -0.2) is 4.98 Å². The Bertz CT molecular complexity index is 414. The maximum absolute atomic E-state index is 8.97. The Kier molecular flexibility index (Phi) is 3.81. The highest BCUT2D eigenvalue weighted by atomic mass is 15.2. The van der Waals surface area contributed by atoms with Crippen molar-refractivity contribution >= 4 is 11.5 Å². The first kappa shape index (κ1) is 11.7. The number of anilines is 2. The van der Waals surface area contributed by atoms with E-state index in [2.05, 4.69) is 16.0 Å². The number of hydrogen-bond acceptors (Lipinski definition) is 4. The van der Waals surface area contributed by atoms with Crippen molar-refractivity contribution in [1.29, 1.82) is 5.26 Å².